The summed E-state index contributed by atoms with van der Waals surface area (Å²) in [6, 6.07) is 8.07. The van der Waals surface area contributed by atoms with Crippen LogP contribution in [0, 0.1) is 6.92 Å². The first-order valence-electron chi connectivity index (χ1n) is 8.93. The van der Waals surface area contributed by atoms with Gasteiger partial charge >= 0.3 is 0 Å². The predicted molar refractivity (Wildman–Crippen MR) is 96.6 cm³/mol. The number of rotatable bonds is 3. The molecule has 6 nitrogen and oxygen atoms in total. The number of hydrogen-bond donors (Lipinski definition) is 1. The topological polar surface area (TPSA) is 66.8 Å². The van der Waals surface area contributed by atoms with Gasteiger partial charge < -0.3 is 9.88 Å². The van der Waals surface area contributed by atoms with E-state index in [1.165, 1.54) is 0 Å². The number of fused-ring (bicyclic) bond motifs is 1. The number of carbonyl (C=O) groups is 1. The van der Waals surface area contributed by atoms with Gasteiger partial charge in [-0.3, -0.25) is 9.48 Å². The van der Waals surface area contributed by atoms with Crippen molar-refractivity contribution < 1.29 is 4.79 Å². The molecule has 1 aliphatic heterocycles. The van der Waals surface area contributed by atoms with E-state index in [4.69, 9.17) is 4.98 Å². The molecule has 1 fully saturated rings. The molecule has 1 aliphatic rings. The van der Waals surface area contributed by atoms with Crippen molar-refractivity contribution in [1.29, 1.82) is 0 Å². The molecule has 3 aromatic rings. The van der Waals surface area contributed by atoms with Crippen LogP contribution in [0.3, 0.4) is 0 Å². The van der Waals surface area contributed by atoms with Gasteiger partial charge in [-0.2, -0.15) is 5.10 Å². The first-order chi connectivity index (χ1) is 12.2. The minimum absolute atomic E-state index is 0.0815. The number of nitrogens with zero attached hydrogens (tertiary/aromatic N) is 4. The molecular formula is C19H23N5O. The summed E-state index contributed by atoms with van der Waals surface area (Å²) >= 11 is 0. The Morgan fingerprint density at radius 2 is 2.20 bits per heavy atom. The zero-order valence-electron chi connectivity index (χ0n) is 14.7. The summed E-state index contributed by atoms with van der Waals surface area (Å²) in [6.45, 7) is 6.21. The molecule has 1 atom stereocenters. The molecule has 1 saturated heterocycles. The number of aromatic nitrogens is 4. The summed E-state index contributed by atoms with van der Waals surface area (Å²) in [6.07, 6.45) is 3.91. The molecule has 1 N–H and O–H groups in total. The van der Waals surface area contributed by atoms with Gasteiger partial charge in [0, 0.05) is 31.7 Å². The van der Waals surface area contributed by atoms with Gasteiger partial charge in [0.25, 0.3) is 5.91 Å². The number of imidazole rings is 1. The lowest BCUT2D eigenvalue weighted by atomic mass is 9.97. The highest BCUT2D eigenvalue weighted by Gasteiger charge is 2.28. The fourth-order valence-electron chi connectivity index (χ4n) is 3.61. The van der Waals surface area contributed by atoms with Gasteiger partial charge in [0.05, 0.1) is 22.3 Å². The SMILES string of the molecule is CCn1cc(C(=O)N2CCCC(c3nc4ccccc4[nH]3)C2)c(C)n1. The van der Waals surface area contributed by atoms with Crippen LogP contribution in [-0.2, 0) is 6.54 Å². The highest BCUT2D eigenvalue weighted by atomic mass is 16.2. The fraction of sp³-hybridized carbons (Fsp3) is 0.421. The standard InChI is InChI=1S/C19H23N5O/c1-3-24-12-15(13(2)22-24)19(25)23-10-6-7-14(11-23)18-20-16-8-4-5-9-17(16)21-18/h4-5,8-9,12,14H,3,6-7,10-11H2,1-2H3,(H,20,21). The van der Waals surface area contributed by atoms with E-state index < -0.39 is 0 Å². The summed E-state index contributed by atoms with van der Waals surface area (Å²) < 4.78 is 1.82. The highest BCUT2D eigenvalue weighted by Crippen LogP contribution is 2.27. The summed E-state index contributed by atoms with van der Waals surface area (Å²) in [5.41, 5.74) is 3.56. The van der Waals surface area contributed by atoms with Crippen molar-refractivity contribution in [3.63, 3.8) is 0 Å². The van der Waals surface area contributed by atoms with E-state index in [1.54, 1.807) is 0 Å². The van der Waals surface area contributed by atoms with E-state index in [9.17, 15) is 4.79 Å². The third kappa shape index (κ3) is 2.92. The smallest absolute Gasteiger partial charge is 0.257 e. The fourth-order valence-corrected chi connectivity index (χ4v) is 3.61. The Labute approximate surface area is 146 Å². The maximum absolute atomic E-state index is 12.9. The third-order valence-corrected chi connectivity index (χ3v) is 5.00. The van der Waals surface area contributed by atoms with E-state index in [2.05, 4.69) is 10.1 Å². The second-order valence-corrected chi connectivity index (χ2v) is 6.71. The minimum Gasteiger partial charge on any atom is -0.342 e. The number of likely N-dealkylation sites (tertiary alicyclic amines) is 1. The van der Waals surface area contributed by atoms with Crippen LogP contribution in [0.1, 0.15) is 47.6 Å². The van der Waals surface area contributed by atoms with Crippen molar-refractivity contribution >= 4 is 16.9 Å². The lowest BCUT2D eigenvalue weighted by Gasteiger charge is -2.31. The van der Waals surface area contributed by atoms with Crippen molar-refractivity contribution in [3.8, 4) is 0 Å². The van der Waals surface area contributed by atoms with Crippen molar-refractivity contribution in [2.24, 2.45) is 0 Å². The number of carbonyl (C=O) groups excluding carboxylic acids is 1. The number of nitrogens with one attached hydrogen (secondary N) is 1. The van der Waals surface area contributed by atoms with Crippen LogP contribution in [0.25, 0.3) is 11.0 Å². The molecule has 0 spiro atoms. The maximum atomic E-state index is 12.9. The number of aromatic amines is 1. The van der Waals surface area contributed by atoms with Crippen molar-refractivity contribution in [1.82, 2.24) is 24.6 Å². The Kier molecular flexibility index (Phi) is 4.03. The Bertz CT molecular complexity index is 877. The van der Waals surface area contributed by atoms with Crippen LogP contribution >= 0.6 is 0 Å². The summed E-state index contributed by atoms with van der Waals surface area (Å²) in [5, 5.41) is 4.40. The van der Waals surface area contributed by atoms with Crippen LogP contribution in [0.4, 0.5) is 0 Å². The second-order valence-electron chi connectivity index (χ2n) is 6.71. The molecule has 4 rings (SSSR count). The predicted octanol–water partition coefficient (Wildman–Crippen LogP) is 3.11. The van der Waals surface area contributed by atoms with E-state index in [1.807, 2.05) is 53.9 Å². The van der Waals surface area contributed by atoms with Gasteiger partial charge in [-0.05, 0) is 38.8 Å². The summed E-state index contributed by atoms with van der Waals surface area (Å²) in [5.74, 6) is 1.32. The van der Waals surface area contributed by atoms with Gasteiger partial charge in [-0.15, -0.1) is 0 Å². The number of hydrogen-bond acceptors (Lipinski definition) is 3. The lowest BCUT2D eigenvalue weighted by Crippen LogP contribution is -2.39. The van der Waals surface area contributed by atoms with Crippen molar-refractivity contribution in [2.75, 3.05) is 13.1 Å². The number of benzene rings is 1. The second kappa shape index (κ2) is 6.35. The minimum atomic E-state index is 0.0815. The summed E-state index contributed by atoms with van der Waals surface area (Å²) in [4.78, 5) is 23.0. The van der Waals surface area contributed by atoms with Crippen molar-refractivity contribution in [2.45, 2.75) is 39.2 Å². The van der Waals surface area contributed by atoms with E-state index in [0.29, 0.717) is 12.1 Å². The Morgan fingerprint density at radius 3 is 2.96 bits per heavy atom. The van der Waals surface area contributed by atoms with E-state index >= 15 is 0 Å². The number of aryl methyl sites for hydroxylation is 2. The molecule has 25 heavy (non-hydrogen) atoms. The van der Waals surface area contributed by atoms with E-state index in [-0.39, 0.29) is 11.8 Å². The number of para-hydroxylation sites is 2. The first-order valence-corrected chi connectivity index (χ1v) is 8.93. The molecule has 1 amide bonds. The van der Waals surface area contributed by atoms with Gasteiger partial charge in [0.2, 0.25) is 0 Å². The molecule has 6 heteroatoms. The third-order valence-electron chi connectivity index (χ3n) is 5.00. The van der Waals surface area contributed by atoms with Crippen LogP contribution in [0.2, 0.25) is 0 Å². The lowest BCUT2D eigenvalue weighted by molar-refractivity contribution is 0.0704. The van der Waals surface area contributed by atoms with Crippen molar-refractivity contribution in [3.05, 3.63) is 47.5 Å². The van der Waals surface area contributed by atoms with Gasteiger partial charge in [-0.1, -0.05) is 12.1 Å². The number of amides is 1. The molecule has 0 aliphatic carbocycles. The Morgan fingerprint density at radius 1 is 1.36 bits per heavy atom. The zero-order valence-corrected chi connectivity index (χ0v) is 14.7. The van der Waals surface area contributed by atoms with Crippen LogP contribution in [0.15, 0.2) is 30.5 Å². The summed E-state index contributed by atoms with van der Waals surface area (Å²) in [7, 11) is 0. The molecule has 0 saturated carbocycles. The molecule has 2 aromatic heterocycles. The normalized spacial score (nSPS) is 18.0. The quantitative estimate of drug-likeness (QED) is 0.798. The van der Waals surface area contributed by atoms with Crippen LogP contribution in [0.5, 0.6) is 0 Å². The average molecular weight is 337 g/mol. The molecule has 0 bridgehead atoms. The van der Waals surface area contributed by atoms with Crippen LogP contribution < -0.4 is 0 Å². The molecule has 130 valence electrons. The average Bonchev–Trinajstić information content (AvgIpc) is 3.24. The van der Waals surface area contributed by atoms with Gasteiger partial charge in [0.1, 0.15) is 5.82 Å². The molecule has 0 radical (unpaired) electrons. The highest BCUT2D eigenvalue weighted by molar-refractivity contribution is 5.95. The molecule has 3 heterocycles. The van der Waals surface area contributed by atoms with Gasteiger partial charge in [0.15, 0.2) is 0 Å². The number of piperidine rings is 1. The zero-order chi connectivity index (χ0) is 17.4. The molecule has 1 unspecified atom stereocenters. The number of H-pyrrole nitrogens is 1. The Balaban J connectivity index is 1.55. The maximum Gasteiger partial charge on any atom is 0.257 e. The Hall–Kier alpha value is -2.63. The largest absolute Gasteiger partial charge is 0.342 e. The molecular weight excluding hydrogens is 314 g/mol. The monoisotopic (exact) mass is 337 g/mol. The van der Waals surface area contributed by atoms with E-state index in [0.717, 1.165) is 48.5 Å². The molecule has 1 aromatic carbocycles. The first kappa shape index (κ1) is 15.9. The van der Waals surface area contributed by atoms with Gasteiger partial charge in [-0.25, -0.2) is 4.98 Å². The van der Waals surface area contributed by atoms with Crippen LogP contribution in [-0.4, -0.2) is 43.6 Å².